The summed E-state index contributed by atoms with van der Waals surface area (Å²) in [5.74, 6) is -0.641. The van der Waals surface area contributed by atoms with Crippen molar-refractivity contribution >= 4 is 34.0 Å². The molecule has 0 aliphatic heterocycles. The molecule has 0 saturated carbocycles. The van der Waals surface area contributed by atoms with Crippen molar-refractivity contribution in [1.29, 1.82) is 0 Å². The fourth-order valence-electron chi connectivity index (χ4n) is 1.83. The van der Waals surface area contributed by atoms with E-state index >= 15 is 0 Å². The highest BCUT2D eigenvalue weighted by Gasteiger charge is 2.22. The van der Waals surface area contributed by atoms with Crippen molar-refractivity contribution in [3.8, 4) is 0 Å². The van der Waals surface area contributed by atoms with Crippen molar-refractivity contribution in [2.45, 2.75) is 13.5 Å². The highest BCUT2D eigenvalue weighted by atomic mass is 35.5. The molecule has 0 fully saturated rings. The highest BCUT2D eigenvalue weighted by molar-refractivity contribution is 7.17. The fraction of sp³-hybridized carbons (Fsp3) is 0.231. The van der Waals surface area contributed by atoms with E-state index in [1.165, 1.54) is 17.1 Å². The smallest absolute Gasteiger partial charge is 0.281 e. The van der Waals surface area contributed by atoms with Crippen molar-refractivity contribution in [3.63, 3.8) is 0 Å². The number of halogens is 2. The third-order valence-corrected chi connectivity index (χ3v) is 4.20. The lowest BCUT2D eigenvalue weighted by molar-refractivity contribution is 0.0668. The zero-order valence-electron chi connectivity index (χ0n) is 11.5. The van der Waals surface area contributed by atoms with Crippen LogP contribution < -0.4 is 11.2 Å². The lowest BCUT2D eigenvalue weighted by Crippen LogP contribution is -2.39. The number of carbonyl (C=O) groups is 1. The number of hydrazine groups is 1. The van der Waals surface area contributed by atoms with Gasteiger partial charge in [-0.3, -0.25) is 9.80 Å². The minimum absolute atomic E-state index is 0.0820. The van der Waals surface area contributed by atoms with Crippen molar-refractivity contribution in [3.05, 3.63) is 45.2 Å². The molecule has 112 valence electrons. The molecule has 1 aromatic heterocycles. The molecule has 0 aliphatic rings. The van der Waals surface area contributed by atoms with Crippen LogP contribution in [0.2, 0.25) is 5.15 Å². The second-order valence-electron chi connectivity index (χ2n) is 4.36. The Balaban J connectivity index is 2.23. The van der Waals surface area contributed by atoms with Crippen molar-refractivity contribution < 1.29 is 9.18 Å². The summed E-state index contributed by atoms with van der Waals surface area (Å²) in [5.41, 5.74) is 9.93. The number of thiazole rings is 1. The van der Waals surface area contributed by atoms with Gasteiger partial charge in [-0.15, -0.1) is 0 Å². The first-order valence-electron chi connectivity index (χ1n) is 6.08. The van der Waals surface area contributed by atoms with Gasteiger partial charge in [-0.2, -0.15) is 0 Å². The molecule has 0 radical (unpaired) electrons. The minimum atomic E-state index is -0.333. The van der Waals surface area contributed by atoms with Gasteiger partial charge < -0.3 is 5.73 Å². The fourth-order valence-corrected chi connectivity index (χ4v) is 2.84. The number of carbonyl (C=O) groups excluding carboxylic acids is 1. The number of aryl methyl sites for hydroxylation is 1. The number of nitrogen functional groups attached to an aromatic ring is 1. The molecule has 3 N–H and O–H groups in total. The predicted molar refractivity (Wildman–Crippen MR) is 81.6 cm³/mol. The van der Waals surface area contributed by atoms with E-state index in [0.717, 1.165) is 22.5 Å². The Morgan fingerprint density at radius 3 is 2.81 bits per heavy atom. The Morgan fingerprint density at radius 2 is 2.29 bits per heavy atom. The number of anilines is 1. The third kappa shape index (κ3) is 3.49. The molecule has 0 bridgehead atoms. The maximum Gasteiger partial charge on any atom is 0.281 e. The van der Waals surface area contributed by atoms with Crippen LogP contribution in [0.4, 0.5) is 9.52 Å². The van der Waals surface area contributed by atoms with E-state index in [-0.39, 0.29) is 33.4 Å². The van der Waals surface area contributed by atoms with Crippen molar-refractivity contribution in [2.24, 2.45) is 0 Å². The molecule has 8 heteroatoms. The van der Waals surface area contributed by atoms with E-state index in [1.54, 1.807) is 20.0 Å². The first-order valence-corrected chi connectivity index (χ1v) is 7.28. The monoisotopic (exact) mass is 328 g/mol. The molecule has 2 aromatic rings. The second-order valence-corrected chi connectivity index (χ2v) is 5.75. The lowest BCUT2D eigenvalue weighted by atomic mass is 10.1. The average molecular weight is 329 g/mol. The maximum atomic E-state index is 13.1. The number of hydrogen-bond acceptors (Lipinski definition) is 5. The number of aromatic nitrogens is 1. The van der Waals surface area contributed by atoms with Crippen molar-refractivity contribution in [2.75, 3.05) is 12.8 Å². The Bertz CT molecular complexity index is 676. The van der Waals surface area contributed by atoms with E-state index in [1.807, 2.05) is 0 Å². The van der Waals surface area contributed by atoms with Crippen LogP contribution in [0.3, 0.4) is 0 Å². The molecule has 5 nitrogen and oxygen atoms in total. The van der Waals surface area contributed by atoms with Gasteiger partial charge in [-0.05, 0) is 30.2 Å². The third-order valence-electron chi connectivity index (χ3n) is 2.94. The first kappa shape index (κ1) is 15.7. The van der Waals surface area contributed by atoms with Crippen LogP contribution in [0.25, 0.3) is 0 Å². The van der Waals surface area contributed by atoms with Crippen LogP contribution in [0.5, 0.6) is 0 Å². The summed E-state index contributed by atoms with van der Waals surface area (Å²) in [4.78, 5) is 16.5. The molecule has 21 heavy (non-hydrogen) atoms. The van der Waals surface area contributed by atoms with E-state index in [2.05, 4.69) is 10.4 Å². The Hall–Kier alpha value is -1.70. The zero-order chi connectivity index (χ0) is 15.6. The number of rotatable bonds is 4. The van der Waals surface area contributed by atoms with E-state index < -0.39 is 0 Å². The Kier molecular flexibility index (Phi) is 4.76. The minimum Gasteiger partial charge on any atom is -0.375 e. The number of nitrogens with zero attached hydrogens (tertiary/aromatic N) is 2. The zero-order valence-corrected chi connectivity index (χ0v) is 13.1. The van der Waals surface area contributed by atoms with Gasteiger partial charge in [0.2, 0.25) is 0 Å². The molecule has 1 heterocycles. The standard InChI is InChI=1S/C13H14ClFN4OS/c1-7-5-9(15)4-3-8(7)6-19(17-2)12(20)10-11(14)18-13(16)21-10/h3-5,17H,6H2,1-2H3,(H2,16,18). The summed E-state index contributed by atoms with van der Waals surface area (Å²) < 4.78 is 13.1. The molecular formula is C13H14ClFN4OS. The van der Waals surface area contributed by atoms with Crippen LogP contribution in [0.1, 0.15) is 20.8 Å². The molecule has 2 rings (SSSR count). The normalized spacial score (nSPS) is 10.7. The van der Waals surface area contributed by atoms with Gasteiger partial charge in [0.15, 0.2) is 10.3 Å². The second kappa shape index (κ2) is 6.38. The van der Waals surface area contributed by atoms with Gasteiger partial charge >= 0.3 is 0 Å². The van der Waals surface area contributed by atoms with Gasteiger partial charge in [0, 0.05) is 7.05 Å². The molecular weight excluding hydrogens is 315 g/mol. The highest BCUT2D eigenvalue weighted by Crippen LogP contribution is 2.26. The van der Waals surface area contributed by atoms with Crippen LogP contribution in [-0.4, -0.2) is 22.9 Å². The molecule has 0 saturated heterocycles. The van der Waals surface area contributed by atoms with Crippen LogP contribution in [-0.2, 0) is 6.54 Å². The molecule has 0 unspecified atom stereocenters. The largest absolute Gasteiger partial charge is 0.375 e. The van der Waals surface area contributed by atoms with Gasteiger partial charge in [-0.25, -0.2) is 14.8 Å². The SMILES string of the molecule is CNN(Cc1ccc(F)cc1C)C(=O)c1sc(N)nc1Cl. The Morgan fingerprint density at radius 1 is 1.57 bits per heavy atom. The molecule has 0 atom stereocenters. The summed E-state index contributed by atoms with van der Waals surface area (Å²) in [6.45, 7) is 2.06. The van der Waals surface area contributed by atoms with Gasteiger partial charge in [0.25, 0.3) is 5.91 Å². The summed E-state index contributed by atoms with van der Waals surface area (Å²) in [6.07, 6.45) is 0. The van der Waals surface area contributed by atoms with Gasteiger partial charge in [0.05, 0.1) is 6.54 Å². The number of nitrogens with two attached hydrogens (primary N) is 1. The van der Waals surface area contributed by atoms with Crippen LogP contribution >= 0.6 is 22.9 Å². The average Bonchev–Trinajstić information content (AvgIpc) is 2.76. The molecule has 0 spiro atoms. The van der Waals surface area contributed by atoms with Crippen LogP contribution in [0, 0.1) is 12.7 Å². The van der Waals surface area contributed by atoms with Gasteiger partial charge in [-0.1, -0.05) is 29.0 Å². The number of amides is 1. The topological polar surface area (TPSA) is 71.2 Å². The number of hydrogen-bond donors (Lipinski definition) is 2. The van der Waals surface area contributed by atoms with E-state index in [4.69, 9.17) is 17.3 Å². The lowest BCUT2D eigenvalue weighted by Gasteiger charge is -2.21. The quantitative estimate of drug-likeness (QED) is 0.846. The molecule has 1 amide bonds. The maximum absolute atomic E-state index is 13.1. The van der Waals surface area contributed by atoms with E-state index in [0.29, 0.717) is 0 Å². The molecule has 1 aromatic carbocycles. The summed E-state index contributed by atoms with van der Waals surface area (Å²) in [5, 5.41) is 1.69. The number of benzene rings is 1. The Labute approximate surface area is 130 Å². The summed E-state index contributed by atoms with van der Waals surface area (Å²) in [7, 11) is 1.62. The molecule has 0 aliphatic carbocycles. The van der Waals surface area contributed by atoms with Crippen molar-refractivity contribution in [1.82, 2.24) is 15.4 Å². The summed E-state index contributed by atoms with van der Waals surface area (Å²) in [6, 6.07) is 4.43. The van der Waals surface area contributed by atoms with E-state index in [9.17, 15) is 9.18 Å². The number of nitrogens with one attached hydrogen (secondary N) is 1. The van der Waals surface area contributed by atoms with Gasteiger partial charge in [0.1, 0.15) is 10.7 Å². The van der Waals surface area contributed by atoms with Crippen LogP contribution in [0.15, 0.2) is 18.2 Å². The predicted octanol–water partition coefficient (Wildman–Crippen LogP) is 2.60. The first-order chi connectivity index (χ1) is 9.92. The summed E-state index contributed by atoms with van der Waals surface area (Å²) >= 11 is 6.92.